The molecule has 3 atom stereocenters. The molecule has 3 aromatic rings. The summed E-state index contributed by atoms with van der Waals surface area (Å²) >= 11 is 0. The highest BCUT2D eigenvalue weighted by molar-refractivity contribution is 5.95. The Bertz CT molecular complexity index is 1650. The number of carbonyl (C=O) groups is 6. The van der Waals surface area contributed by atoms with E-state index in [1.54, 1.807) is 27.0 Å². The van der Waals surface area contributed by atoms with E-state index in [0.29, 0.717) is 6.42 Å². The number of aromatic nitrogens is 1. The van der Waals surface area contributed by atoms with Gasteiger partial charge in [-0.1, -0.05) is 62.4 Å². The molecule has 51 heavy (non-hydrogen) atoms. The van der Waals surface area contributed by atoms with Crippen LogP contribution in [0.5, 0.6) is 0 Å². The van der Waals surface area contributed by atoms with Crippen molar-refractivity contribution in [2.24, 2.45) is 5.92 Å². The number of aromatic amines is 1. The molecule has 0 unspecified atom stereocenters. The van der Waals surface area contributed by atoms with E-state index in [1.807, 2.05) is 68.4 Å². The van der Waals surface area contributed by atoms with Gasteiger partial charge in [0.25, 0.3) is 0 Å². The number of para-hydroxylation sites is 1. The highest BCUT2D eigenvalue weighted by Crippen LogP contribution is 2.19. The zero-order chi connectivity index (χ0) is 37.6. The lowest BCUT2D eigenvalue weighted by molar-refractivity contribution is -0.152. The van der Waals surface area contributed by atoms with E-state index in [0.717, 1.165) is 22.0 Å². The molecule has 1 aromatic heterocycles. The molecule has 0 spiro atoms. The van der Waals surface area contributed by atoms with Gasteiger partial charge in [0.05, 0.1) is 13.0 Å². The second kappa shape index (κ2) is 19.1. The van der Waals surface area contributed by atoms with E-state index in [1.165, 1.54) is 0 Å². The number of hydrogen-bond donors (Lipinski definition) is 6. The van der Waals surface area contributed by atoms with Crippen LogP contribution in [0, 0.1) is 5.92 Å². The van der Waals surface area contributed by atoms with Gasteiger partial charge < -0.3 is 40.8 Å². The number of carboxylic acid groups (broad SMARTS) is 1. The molecule has 3 rings (SSSR count). The van der Waals surface area contributed by atoms with Crippen molar-refractivity contribution in [3.63, 3.8) is 0 Å². The van der Waals surface area contributed by atoms with Crippen molar-refractivity contribution in [2.45, 2.75) is 90.4 Å². The first-order chi connectivity index (χ1) is 24.1. The number of carbonyl (C=O) groups excluding carboxylic acids is 5. The Morgan fingerprint density at radius 3 is 2.16 bits per heavy atom. The Kier molecular flexibility index (Phi) is 15.0. The zero-order valence-electron chi connectivity index (χ0n) is 29.7. The van der Waals surface area contributed by atoms with Crippen molar-refractivity contribution in [2.75, 3.05) is 13.2 Å². The number of amides is 4. The molecular weight excluding hydrogens is 658 g/mol. The minimum absolute atomic E-state index is 0.0243. The summed E-state index contributed by atoms with van der Waals surface area (Å²) in [6.45, 7) is 8.74. The lowest BCUT2D eigenvalue weighted by Crippen LogP contribution is -2.57. The highest BCUT2D eigenvalue weighted by Gasteiger charge is 2.32. The first kappa shape index (κ1) is 40.0. The normalized spacial score (nSPS) is 13.1. The fourth-order valence-corrected chi connectivity index (χ4v) is 5.22. The maximum Gasteiger partial charge on any atom is 0.407 e. The Labute approximate surface area is 297 Å². The third kappa shape index (κ3) is 14.2. The fraction of sp³-hybridized carbons (Fsp3) is 0.459. The van der Waals surface area contributed by atoms with Crippen LogP contribution in [-0.2, 0) is 46.3 Å². The number of aliphatic carboxylic acids is 1. The zero-order valence-corrected chi connectivity index (χ0v) is 29.7. The second-order valence-corrected chi connectivity index (χ2v) is 13.6. The number of H-pyrrole nitrogens is 1. The number of alkyl carbamates (subject to hydrolysis) is 1. The van der Waals surface area contributed by atoms with Crippen LogP contribution in [0.2, 0.25) is 0 Å². The molecule has 0 radical (unpaired) electrons. The number of hydrogen-bond acceptors (Lipinski definition) is 8. The SMILES string of the molecule is CC(C)C[C@H](NC(=O)[C@H](Cc1c[nH]c2ccccc12)NC(=O)CCNC(=O)OC(C)(C)C)C(=O)N[C@H](CC(=O)O)C(=O)OCCc1ccccc1. The molecule has 0 saturated heterocycles. The molecule has 6 N–H and O–H groups in total. The standard InChI is InChI=1S/C37H49N5O9/c1-23(2)19-28(33(46)42-30(21-32(44)45)35(48)50-18-16-24-11-7-6-8-12-24)41-34(47)29(20-25-22-39-27-14-10-9-13-26(25)27)40-31(43)15-17-38-36(49)51-37(3,4)5/h6-14,22-23,28-30,39H,15-21H2,1-5H3,(H,38,49)(H,40,43)(H,41,47)(H,42,46)(H,44,45)/t28-,29-,30+/m0/s1. The van der Waals surface area contributed by atoms with E-state index in [4.69, 9.17) is 9.47 Å². The van der Waals surface area contributed by atoms with Crippen molar-refractivity contribution in [3.05, 3.63) is 71.9 Å². The van der Waals surface area contributed by atoms with E-state index < -0.39 is 65.9 Å². The number of nitrogens with one attached hydrogen (secondary N) is 5. The summed E-state index contributed by atoms with van der Waals surface area (Å²) in [6.07, 6.45) is 0.768. The van der Waals surface area contributed by atoms with Gasteiger partial charge in [0.15, 0.2) is 0 Å². The molecule has 0 bridgehead atoms. The average Bonchev–Trinajstić information content (AvgIpc) is 3.45. The summed E-state index contributed by atoms with van der Waals surface area (Å²) in [5, 5.41) is 20.7. The summed E-state index contributed by atoms with van der Waals surface area (Å²) in [5.74, 6) is -4.32. The highest BCUT2D eigenvalue weighted by atomic mass is 16.6. The second-order valence-electron chi connectivity index (χ2n) is 13.6. The van der Waals surface area contributed by atoms with Crippen LogP contribution < -0.4 is 21.3 Å². The summed E-state index contributed by atoms with van der Waals surface area (Å²) in [5.41, 5.74) is 1.76. The van der Waals surface area contributed by atoms with Gasteiger partial charge in [-0.25, -0.2) is 9.59 Å². The molecule has 276 valence electrons. The maximum atomic E-state index is 13.9. The van der Waals surface area contributed by atoms with Gasteiger partial charge in [-0.3, -0.25) is 19.2 Å². The summed E-state index contributed by atoms with van der Waals surface area (Å²) < 4.78 is 10.5. The minimum Gasteiger partial charge on any atom is -0.481 e. The van der Waals surface area contributed by atoms with Crippen LogP contribution >= 0.6 is 0 Å². The maximum absolute atomic E-state index is 13.9. The molecule has 0 saturated carbocycles. The predicted molar refractivity (Wildman–Crippen MR) is 189 cm³/mol. The van der Waals surface area contributed by atoms with Gasteiger partial charge >= 0.3 is 18.0 Å². The van der Waals surface area contributed by atoms with Crippen LogP contribution in [0.1, 0.15) is 65.0 Å². The summed E-state index contributed by atoms with van der Waals surface area (Å²) in [7, 11) is 0. The molecule has 1 heterocycles. The first-order valence-corrected chi connectivity index (χ1v) is 17.0. The predicted octanol–water partition coefficient (Wildman–Crippen LogP) is 3.39. The Hall–Kier alpha value is -5.40. The molecule has 0 fully saturated rings. The van der Waals surface area contributed by atoms with Crippen LogP contribution in [0.25, 0.3) is 10.9 Å². The van der Waals surface area contributed by atoms with Gasteiger partial charge in [-0.2, -0.15) is 0 Å². The van der Waals surface area contributed by atoms with Crippen LogP contribution in [-0.4, -0.2) is 82.7 Å². The number of rotatable bonds is 18. The summed E-state index contributed by atoms with van der Waals surface area (Å²) in [4.78, 5) is 80.2. The molecule has 0 aliphatic heterocycles. The summed E-state index contributed by atoms with van der Waals surface area (Å²) in [6, 6.07) is 12.9. The third-order valence-corrected chi connectivity index (χ3v) is 7.57. The number of esters is 1. The van der Waals surface area contributed by atoms with Crippen molar-refractivity contribution in [1.29, 1.82) is 0 Å². The number of fused-ring (bicyclic) bond motifs is 1. The van der Waals surface area contributed by atoms with Crippen molar-refractivity contribution >= 4 is 46.7 Å². The van der Waals surface area contributed by atoms with Gasteiger partial charge in [0.1, 0.15) is 23.7 Å². The first-order valence-electron chi connectivity index (χ1n) is 17.0. The molecule has 2 aromatic carbocycles. The van der Waals surface area contributed by atoms with Crippen molar-refractivity contribution < 1.29 is 43.3 Å². The molecule has 4 amide bonds. The quantitative estimate of drug-likeness (QED) is 0.107. The Morgan fingerprint density at radius 2 is 1.49 bits per heavy atom. The third-order valence-electron chi connectivity index (χ3n) is 7.57. The van der Waals surface area contributed by atoms with Gasteiger partial charge in [-0.15, -0.1) is 0 Å². The van der Waals surface area contributed by atoms with E-state index in [2.05, 4.69) is 26.3 Å². The van der Waals surface area contributed by atoms with E-state index in [9.17, 15) is 33.9 Å². The van der Waals surface area contributed by atoms with Gasteiger partial charge in [0.2, 0.25) is 17.7 Å². The van der Waals surface area contributed by atoms with E-state index in [-0.39, 0.29) is 38.3 Å². The van der Waals surface area contributed by atoms with Gasteiger partial charge in [-0.05, 0) is 50.3 Å². The number of carboxylic acids is 1. The molecule has 0 aliphatic rings. The molecule has 0 aliphatic carbocycles. The smallest absolute Gasteiger partial charge is 0.407 e. The van der Waals surface area contributed by atoms with Crippen LogP contribution in [0.15, 0.2) is 60.8 Å². The topological polar surface area (TPSA) is 205 Å². The average molecular weight is 708 g/mol. The van der Waals surface area contributed by atoms with E-state index >= 15 is 0 Å². The van der Waals surface area contributed by atoms with Gasteiger partial charge in [0, 0.05) is 42.9 Å². The number of benzene rings is 2. The Morgan fingerprint density at radius 1 is 0.843 bits per heavy atom. The monoisotopic (exact) mass is 707 g/mol. The number of ether oxygens (including phenoxy) is 2. The molecule has 14 nitrogen and oxygen atoms in total. The fourth-order valence-electron chi connectivity index (χ4n) is 5.22. The Balaban J connectivity index is 1.74. The minimum atomic E-state index is -1.50. The van der Waals surface area contributed by atoms with Crippen LogP contribution in [0.3, 0.4) is 0 Å². The molecular formula is C37H49N5O9. The largest absolute Gasteiger partial charge is 0.481 e. The lowest BCUT2D eigenvalue weighted by Gasteiger charge is -2.26. The van der Waals surface area contributed by atoms with Crippen molar-refractivity contribution in [1.82, 2.24) is 26.3 Å². The lowest BCUT2D eigenvalue weighted by atomic mass is 10.00. The van der Waals surface area contributed by atoms with Crippen molar-refractivity contribution in [3.8, 4) is 0 Å². The van der Waals surface area contributed by atoms with Crippen LogP contribution in [0.4, 0.5) is 4.79 Å². The molecule has 14 heteroatoms.